The van der Waals surface area contributed by atoms with Crippen LogP contribution in [0.25, 0.3) is 0 Å². The molecule has 4 heteroatoms. The van der Waals surface area contributed by atoms with Crippen molar-refractivity contribution in [1.29, 1.82) is 0 Å². The van der Waals surface area contributed by atoms with Gasteiger partial charge in [0.15, 0.2) is 11.4 Å². The maximum Gasteiger partial charge on any atom is 0.337 e. The SMILES string of the molecule is COC(=O)C1(C)CCC(=O)CO1. The summed E-state index contributed by atoms with van der Waals surface area (Å²) in [7, 11) is 1.31. The van der Waals surface area contributed by atoms with Gasteiger partial charge in [0.2, 0.25) is 0 Å². The van der Waals surface area contributed by atoms with Crippen LogP contribution in [0.1, 0.15) is 19.8 Å². The number of rotatable bonds is 1. The van der Waals surface area contributed by atoms with Crippen molar-refractivity contribution in [1.82, 2.24) is 0 Å². The largest absolute Gasteiger partial charge is 0.467 e. The number of ether oxygens (including phenoxy) is 2. The van der Waals surface area contributed by atoms with E-state index in [1.807, 2.05) is 0 Å². The Morgan fingerprint density at radius 2 is 2.33 bits per heavy atom. The topological polar surface area (TPSA) is 52.6 Å². The highest BCUT2D eigenvalue weighted by Gasteiger charge is 2.39. The summed E-state index contributed by atoms with van der Waals surface area (Å²) in [4.78, 5) is 21.9. The van der Waals surface area contributed by atoms with Gasteiger partial charge < -0.3 is 9.47 Å². The molecular weight excluding hydrogens is 160 g/mol. The second-order valence-corrected chi connectivity index (χ2v) is 3.05. The Bertz CT molecular complexity index is 199. The molecule has 0 aromatic heterocycles. The molecule has 4 nitrogen and oxygen atoms in total. The predicted octanol–water partition coefficient (Wildman–Crippen LogP) is 0.298. The minimum atomic E-state index is -0.914. The fourth-order valence-electron chi connectivity index (χ4n) is 1.14. The Balaban J connectivity index is 2.61. The zero-order chi connectivity index (χ0) is 9.19. The van der Waals surface area contributed by atoms with Crippen molar-refractivity contribution in [2.24, 2.45) is 0 Å². The number of esters is 1. The molecule has 1 aliphatic heterocycles. The summed E-state index contributed by atoms with van der Waals surface area (Å²) in [6.45, 7) is 1.66. The first-order chi connectivity index (χ1) is 5.58. The summed E-state index contributed by atoms with van der Waals surface area (Å²) >= 11 is 0. The van der Waals surface area contributed by atoms with E-state index in [0.717, 1.165) is 0 Å². The number of ketones is 1. The van der Waals surface area contributed by atoms with Crippen LogP contribution in [0, 0.1) is 0 Å². The second kappa shape index (κ2) is 3.23. The average Bonchev–Trinajstić information content (AvgIpc) is 2.09. The maximum atomic E-state index is 11.1. The number of methoxy groups -OCH3 is 1. The molecule has 0 saturated carbocycles. The van der Waals surface area contributed by atoms with E-state index in [2.05, 4.69) is 4.74 Å². The summed E-state index contributed by atoms with van der Waals surface area (Å²) < 4.78 is 9.66. The molecule has 1 fully saturated rings. The quantitative estimate of drug-likeness (QED) is 0.534. The third-order valence-electron chi connectivity index (χ3n) is 2.05. The molecule has 1 rings (SSSR count). The van der Waals surface area contributed by atoms with Crippen molar-refractivity contribution >= 4 is 11.8 Å². The number of carbonyl (C=O) groups excluding carboxylic acids is 2. The maximum absolute atomic E-state index is 11.1. The van der Waals surface area contributed by atoms with Crippen LogP contribution in [-0.4, -0.2) is 31.1 Å². The smallest absolute Gasteiger partial charge is 0.337 e. The lowest BCUT2D eigenvalue weighted by atomic mass is 9.96. The number of hydrogen-bond donors (Lipinski definition) is 0. The van der Waals surface area contributed by atoms with Gasteiger partial charge in [-0.15, -0.1) is 0 Å². The first-order valence-corrected chi connectivity index (χ1v) is 3.82. The van der Waals surface area contributed by atoms with E-state index in [1.54, 1.807) is 6.92 Å². The fraction of sp³-hybridized carbons (Fsp3) is 0.750. The van der Waals surface area contributed by atoms with Gasteiger partial charge in [0.05, 0.1) is 7.11 Å². The highest BCUT2D eigenvalue weighted by atomic mass is 16.6. The molecule has 0 spiro atoms. The van der Waals surface area contributed by atoms with Crippen molar-refractivity contribution in [3.63, 3.8) is 0 Å². The van der Waals surface area contributed by atoms with Crippen LogP contribution in [0.2, 0.25) is 0 Å². The minimum Gasteiger partial charge on any atom is -0.467 e. The molecule has 0 aromatic rings. The zero-order valence-corrected chi connectivity index (χ0v) is 7.25. The molecule has 1 aliphatic rings. The summed E-state index contributed by atoms with van der Waals surface area (Å²) in [5.41, 5.74) is -0.914. The van der Waals surface area contributed by atoms with Gasteiger partial charge in [0.25, 0.3) is 0 Å². The van der Waals surface area contributed by atoms with E-state index in [4.69, 9.17) is 4.74 Å². The van der Waals surface area contributed by atoms with E-state index >= 15 is 0 Å². The molecule has 0 aliphatic carbocycles. The van der Waals surface area contributed by atoms with E-state index < -0.39 is 11.6 Å². The molecular formula is C8H12O4. The Labute approximate surface area is 70.8 Å². The summed E-state index contributed by atoms with van der Waals surface area (Å²) in [6.07, 6.45) is 0.810. The molecule has 0 amide bonds. The van der Waals surface area contributed by atoms with Crippen molar-refractivity contribution in [2.45, 2.75) is 25.4 Å². The first-order valence-electron chi connectivity index (χ1n) is 3.82. The monoisotopic (exact) mass is 172 g/mol. The standard InChI is InChI=1S/C8H12O4/c1-8(7(10)11-2)4-3-6(9)5-12-8/h3-5H2,1-2H3. The Kier molecular flexibility index (Phi) is 2.47. The van der Waals surface area contributed by atoms with Gasteiger partial charge in [-0.05, 0) is 13.3 Å². The summed E-state index contributed by atoms with van der Waals surface area (Å²) in [5.74, 6) is -0.369. The highest BCUT2D eigenvalue weighted by molar-refractivity contribution is 5.85. The van der Waals surface area contributed by atoms with Crippen molar-refractivity contribution < 1.29 is 19.1 Å². The van der Waals surface area contributed by atoms with Crippen LogP contribution in [0.15, 0.2) is 0 Å². The fourth-order valence-corrected chi connectivity index (χ4v) is 1.14. The highest BCUT2D eigenvalue weighted by Crippen LogP contribution is 2.23. The van der Waals surface area contributed by atoms with Crippen LogP contribution in [0.5, 0.6) is 0 Å². The lowest BCUT2D eigenvalue weighted by Gasteiger charge is -2.29. The normalized spacial score (nSPS) is 30.0. The molecule has 0 N–H and O–H groups in total. The molecule has 1 atom stereocenters. The van der Waals surface area contributed by atoms with Gasteiger partial charge in [-0.1, -0.05) is 0 Å². The Morgan fingerprint density at radius 3 is 2.75 bits per heavy atom. The molecule has 1 unspecified atom stereocenters. The van der Waals surface area contributed by atoms with E-state index in [0.29, 0.717) is 12.8 Å². The van der Waals surface area contributed by atoms with Gasteiger partial charge in [-0.2, -0.15) is 0 Å². The molecule has 0 radical (unpaired) electrons. The van der Waals surface area contributed by atoms with Gasteiger partial charge >= 0.3 is 5.97 Å². The molecule has 0 aromatic carbocycles. The minimum absolute atomic E-state index is 0.0194. The Hall–Kier alpha value is -0.900. The van der Waals surface area contributed by atoms with Gasteiger partial charge in [0, 0.05) is 6.42 Å². The lowest BCUT2D eigenvalue weighted by molar-refractivity contribution is -0.174. The Morgan fingerprint density at radius 1 is 1.67 bits per heavy atom. The van der Waals surface area contributed by atoms with Crippen LogP contribution in [0.3, 0.4) is 0 Å². The number of Topliss-reactive ketones (excluding diaryl/α,β-unsaturated/α-hetero) is 1. The van der Waals surface area contributed by atoms with E-state index in [9.17, 15) is 9.59 Å². The molecule has 1 saturated heterocycles. The van der Waals surface area contributed by atoms with Gasteiger partial charge in [-0.25, -0.2) is 4.79 Å². The van der Waals surface area contributed by atoms with Crippen LogP contribution in [0.4, 0.5) is 0 Å². The van der Waals surface area contributed by atoms with E-state index in [-0.39, 0.29) is 12.4 Å². The number of hydrogen-bond acceptors (Lipinski definition) is 4. The second-order valence-electron chi connectivity index (χ2n) is 3.05. The third kappa shape index (κ3) is 1.64. The van der Waals surface area contributed by atoms with Crippen molar-refractivity contribution in [2.75, 3.05) is 13.7 Å². The van der Waals surface area contributed by atoms with Crippen LogP contribution < -0.4 is 0 Å². The predicted molar refractivity (Wildman–Crippen MR) is 40.6 cm³/mol. The van der Waals surface area contributed by atoms with Crippen molar-refractivity contribution in [3.8, 4) is 0 Å². The zero-order valence-electron chi connectivity index (χ0n) is 7.25. The number of carbonyl (C=O) groups is 2. The average molecular weight is 172 g/mol. The summed E-state index contributed by atoms with van der Waals surface area (Å²) in [6, 6.07) is 0. The van der Waals surface area contributed by atoms with E-state index in [1.165, 1.54) is 7.11 Å². The first kappa shape index (κ1) is 9.19. The van der Waals surface area contributed by atoms with Crippen molar-refractivity contribution in [3.05, 3.63) is 0 Å². The lowest BCUT2D eigenvalue weighted by Crippen LogP contribution is -2.44. The van der Waals surface area contributed by atoms with Crippen LogP contribution in [-0.2, 0) is 19.1 Å². The molecule has 68 valence electrons. The summed E-state index contributed by atoms with van der Waals surface area (Å²) in [5, 5.41) is 0. The van der Waals surface area contributed by atoms with Gasteiger partial charge in [0.1, 0.15) is 6.61 Å². The molecule has 1 heterocycles. The molecule has 12 heavy (non-hydrogen) atoms. The third-order valence-corrected chi connectivity index (χ3v) is 2.05. The molecule has 0 bridgehead atoms. The van der Waals surface area contributed by atoms with Gasteiger partial charge in [-0.3, -0.25) is 4.79 Å². The van der Waals surface area contributed by atoms with Crippen LogP contribution >= 0.6 is 0 Å².